The number of benzene rings is 3. The SMILES string of the molecule is COCCC/C=C\CCCO[C@H]1OC(COCc2ccccc2)[C@H](OCc2ccccc2)[C@@H](OCc2ccccc2)C1OC(C)=O. The fourth-order valence-electron chi connectivity index (χ4n) is 5.24. The van der Waals surface area contributed by atoms with Gasteiger partial charge in [0, 0.05) is 20.6 Å². The number of unbranched alkanes of at least 4 members (excludes halogenated alkanes) is 2. The van der Waals surface area contributed by atoms with Gasteiger partial charge in [-0.1, -0.05) is 103 Å². The summed E-state index contributed by atoms with van der Waals surface area (Å²) in [4.78, 5) is 12.4. The summed E-state index contributed by atoms with van der Waals surface area (Å²) in [5.74, 6) is -0.449. The van der Waals surface area contributed by atoms with Crippen molar-refractivity contribution in [2.24, 2.45) is 0 Å². The Balaban J connectivity index is 1.52. The molecule has 1 fully saturated rings. The highest BCUT2D eigenvalue weighted by Crippen LogP contribution is 2.31. The molecular weight excluding hydrogens is 584 g/mol. The highest BCUT2D eigenvalue weighted by molar-refractivity contribution is 5.66. The third kappa shape index (κ3) is 12.4. The molecule has 5 atom stereocenters. The molecule has 8 nitrogen and oxygen atoms in total. The second-order valence-corrected chi connectivity index (χ2v) is 11.3. The highest BCUT2D eigenvalue weighted by Gasteiger charge is 2.50. The maximum atomic E-state index is 12.4. The molecule has 248 valence electrons. The first-order valence-corrected chi connectivity index (χ1v) is 16.1. The van der Waals surface area contributed by atoms with Crippen molar-refractivity contribution in [3.8, 4) is 0 Å². The van der Waals surface area contributed by atoms with Crippen molar-refractivity contribution in [2.75, 3.05) is 26.9 Å². The number of carbonyl (C=O) groups is 1. The molecule has 1 aliphatic heterocycles. The normalized spacial score (nSPS) is 21.4. The summed E-state index contributed by atoms with van der Waals surface area (Å²) < 4.78 is 43.1. The minimum absolute atomic E-state index is 0.233. The Kier molecular flexibility index (Phi) is 16.0. The Morgan fingerprint density at radius 1 is 0.674 bits per heavy atom. The molecule has 3 aromatic rings. The van der Waals surface area contributed by atoms with Crippen molar-refractivity contribution in [3.05, 3.63) is 120 Å². The van der Waals surface area contributed by atoms with Gasteiger partial charge in [-0.3, -0.25) is 4.79 Å². The van der Waals surface area contributed by atoms with E-state index in [4.69, 9.17) is 33.2 Å². The molecule has 1 saturated heterocycles. The number of rotatable bonds is 20. The largest absolute Gasteiger partial charge is 0.454 e. The van der Waals surface area contributed by atoms with Gasteiger partial charge >= 0.3 is 5.97 Å². The first kappa shape index (κ1) is 35.5. The van der Waals surface area contributed by atoms with E-state index in [9.17, 15) is 4.79 Å². The van der Waals surface area contributed by atoms with Crippen LogP contribution in [0.1, 0.15) is 49.3 Å². The molecule has 1 aliphatic rings. The van der Waals surface area contributed by atoms with Crippen molar-refractivity contribution >= 4 is 5.97 Å². The van der Waals surface area contributed by atoms with E-state index in [0.717, 1.165) is 49.0 Å². The molecule has 0 N–H and O–H groups in total. The Hall–Kier alpha value is -3.37. The van der Waals surface area contributed by atoms with E-state index < -0.39 is 36.7 Å². The number of methoxy groups -OCH3 is 1. The van der Waals surface area contributed by atoms with Crippen LogP contribution >= 0.6 is 0 Å². The van der Waals surface area contributed by atoms with Crippen LogP contribution in [0.25, 0.3) is 0 Å². The zero-order valence-corrected chi connectivity index (χ0v) is 27.0. The van der Waals surface area contributed by atoms with Crippen molar-refractivity contribution in [1.29, 1.82) is 0 Å². The van der Waals surface area contributed by atoms with Gasteiger partial charge in [0.25, 0.3) is 0 Å². The quantitative estimate of drug-likeness (QED) is 0.0764. The van der Waals surface area contributed by atoms with E-state index in [-0.39, 0.29) is 6.61 Å². The summed E-state index contributed by atoms with van der Waals surface area (Å²) in [5, 5.41) is 0. The molecule has 1 heterocycles. The average molecular weight is 633 g/mol. The minimum atomic E-state index is -0.864. The summed E-state index contributed by atoms with van der Waals surface area (Å²) in [7, 11) is 1.71. The summed E-state index contributed by atoms with van der Waals surface area (Å²) >= 11 is 0. The number of hydrogen-bond acceptors (Lipinski definition) is 8. The third-order valence-corrected chi connectivity index (χ3v) is 7.54. The summed E-state index contributed by atoms with van der Waals surface area (Å²) in [6, 6.07) is 29.8. The Bertz CT molecular complexity index is 1250. The van der Waals surface area contributed by atoms with Gasteiger partial charge < -0.3 is 33.2 Å². The van der Waals surface area contributed by atoms with E-state index in [1.807, 2.05) is 91.0 Å². The van der Waals surface area contributed by atoms with Crippen molar-refractivity contribution in [3.63, 3.8) is 0 Å². The lowest BCUT2D eigenvalue weighted by Crippen LogP contribution is -2.62. The lowest BCUT2D eigenvalue weighted by molar-refractivity contribution is -0.321. The minimum Gasteiger partial charge on any atom is -0.454 e. The van der Waals surface area contributed by atoms with E-state index in [2.05, 4.69) is 12.2 Å². The predicted molar refractivity (Wildman–Crippen MR) is 176 cm³/mol. The number of allylic oxidation sites excluding steroid dienone is 2. The van der Waals surface area contributed by atoms with Crippen molar-refractivity contribution < 1.29 is 38.0 Å². The molecule has 0 bridgehead atoms. The van der Waals surface area contributed by atoms with E-state index in [0.29, 0.717) is 26.4 Å². The van der Waals surface area contributed by atoms with Crippen LogP contribution in [0.4, 0.5) is 0 Å². The summed E-state index contributed by atoms with van der Waals surface area (Å²) in [5.41, 5.74) is 3.05. The van der Waals surface area contributed by atoms with Gasteiger partial charge in [0.1, 0.15) is 18.3 Å². The standard InChI is InChI=1S/C38H48O8/c1-30(39)45-37-36(44-28-33-22-14-9-15-23-33)35(43-27-32-20-12-8-13-21-32)34(29-41-26-31-18-10-7-11-19-31)46-38(37)42-25-17-6-4-3-5-16-24-40-2/h3-4,7-15,18-23,34-38H,5-6,16-17,24-29H2,1-2H3/b4-3-/t34?,35-,36+,37?,38-/m0/s1. The first-order valence-electron chi connectivity index (χ1n) is 16.1. The first-order chi connectivity index (χ1) is 22.6. The Morgan fingerprint density at radius 2 is 1.20 bits per heavy atom. The van der Waals surface area contributed by atoms with E-state index in [1.165, 1.54) is 6.92 Å². The second kappa shape index (κ2) is 20.7. The van der Waals surface area contributed by atoms with E-state index in [1.54, 1.807) is 7.11 Å². The number of ether oxygens (including phenoxy) is 7. The van der Waals surface area contributed by atoms with E-state index >= 15 is 0 Å². The van der Waals surface area contributed by atoms with Crippen LogP contribution in [0.3, 0.4) is 0 Å². The summed E-state index contributed by atoms with van der Waals surface area (Å²) in [6.07, 6.45) is 4.38. The molecule has 3 aromatic carbocycles. The molecule has 8 heteroatoms. The van der Waals surface area contributed by atoms with Crippen molar-refractivity contribution in [1.82, 2.24) is 0 Å². The molecule has 2 unspecified atom stereocenters. The molecule has 0 amide bonds. The molecule has 46 heavy (non-hydrogen) atoms. The van der Waals surface area contributed by atoms with Gasteiger partial charge in [0.05, 0.1) is 33.0 Å². The van der Waals surface area contributed by atoms with Crippen LogP contribution < -0.4 is 0 Å². The maximum Gasteiger partial charge on any atom is 0.303 e. The second-order valence-electron chi connectivity index (χ2n) is 11.3. The molecule has 0 saturated carbocycles. The third-order valence-electron chi connectivity index (χ3n) is 7.54. The van der Waals surface area contributed by atoms with Gasteiger partial charge in [0.15, 0.2) is 12.4 Å². The number of carbonyl (C=O) groups excluding carboxylic acids is 1. The van der Waals surface area contributed by atoms with Crippen LogP contribution in [0.5, 0.6) is 0 Å². The highest BCUT2D eigenvalue weighted by atomic mass is 16.7. The molecule has 0 spiro atoms. The van der Waals surface area contributed by atoms with Crippen LogP contribution in [0.15, 0.2) is 103 Å². The van der Waals surface area contributed by atoms with Gasteiger partial charge in [-0.15, -0.1) is 0 Å². The lowest BCUT2D eigenvalue weighted by atomic mass is 9.97. The smallest absolute Gasteiger partial charge is 0.303 e. The topological polar surface area (TPSA) is 81.7 Å². The average Bonchev–Trinajstić information content (AvgIpc) is 3.08. The number of hydrogen-bond donors (Lipinski definition) is 0. The van der Waals surface area contributed by atoms with Crippen LogP contribution in [-0.2, 0) is 57.8 Å². The fourth-order valence-corrected chi connectivity index (χ4v) is 5.24. The number of esters is 1. The molecule has 4 rings (SSSR count). The lowest BCUT2D eigenvalue weighted by Gasteiger charge is -2.45. The van der Waals surface area contributed by atoms with Gasteiger partial charge in [-0.2, -0.15) is 0 Å². The predicted octanol–water partition coefficient (Wildman–Crippen LogP) is 6.81. The molecule has 0 aromatic heterocycles. The van der Waals surface area contributed by atoms with Crippen LogP contribution in [0, 0.1) is 0 Å². The van der Waals surface area contributed by atoms with Crippen molar-refractivity contribution in [2.45, 2.75) is 83.1 Å². The van der Waals surface area contributed by atoms with Gasteiger partial charge in [-0.05, 0) is 42.4 Å². The van der Waals surface area contributed by atoms with Gasteiger partial charge in [0.2, 0.25) is 0 Å². The fraction of sp³-hybridized carbons (Fsp3) is 0.447. The van der Waals surface area contributed by atoms with Crippen LogP contribution in [0.2, 0.25) is 0 Å². The Labute approximate surface area is 273 Å². The summed E-state index contributed by atoms with van der Waals surface area (Å²) in [6.45, 7) is 3.83. The monoisotopic (exact) mass is 632 g/mol. The van der Waals surface area contributed by atoms with Gasteiger partial charge in [-0.25, -0.2) is 0 Å². The molecular formula is C38H48O8. The molecule has 0 radical (unpaired) electrons. The maximum absolute atomic E-state index is 12.4. The molecule has 0 aliphatic carbocycles. The zero-order chi connectivity index (χ0) is 32.2. The Morgan fingerprint density at radius 3 is 1.74 bits per heavy atom. The van der Waals surface area contributed by atoms with Crippen LogP contribution in [-0.4, -0.2) is 63.6 Å². The zero-order valence-electron chi connectivity index (χ0n) is 27.0.